The van der Waals surface area contributed by atoms with E-state index in [-0.39, 0.29) is 51.6 Å². The molecule has 1 atom stereocenters. The highest BCUT2D eigenvalue weighted by atomic mass is 35.5. The molecular weight excluding hydrogens is 721 g/mol. The van der Waals surface area contributed by atoms with Crippen molar-refractivity contribution in [3.8, 4) is 17.2 Å². The normalized spacial score (nSPS) is 15.3. The van der Waals surface area contributed by atoms with Gasteiger partial charge in [-0.1, -0.05) is 29.3 Å². The fraction of sp³-hybridized carbons (Fsp3) is 0.441. The first-order chi connectivity index (χ1) is 23.6. The van der Waals surface area contributed by atoms with Crippen molar-refractivity contribution in [2.75, 3.05) is 24.2 Å². The minimum absolute atomic E-state index is 0.00491. The van der Waals surface area contributed by atoms with E-state index >= 15 is 0 Å². The number of nitrogens with one attached hydrogen (secondary N) is 1. The lowest BCUT2D eigenvalue weighted by Crippen LogP contribution is -2.39. The number of anilines is 1. The van der Waals surface area contributed by atoms with Gasteiger partial charge in [-0.05, 0) is 92.8 Å². The van der Waals surface area contributed by atoms with Crippen molar-refractivity contribution in [2.24, 2.45) is 11.8 Å². The van der Waals surface area contributed by atoms with Crippen molar-refractivity contribution in [2.45, 2.75) is 64.3 Å². The maximum Gasteiger partial charge on any atom is 0.387 e. The predicted molar refractivity (Wildman–Crippen MR) is 181 cm³/mol. The molecule has 270 valence electrons. The second kappa shape index (κ2) is 15.6. The molecule has 0 saturated heterocycles. The monoisotopic (exact) mass is 756 g/mol. The zero-order valence-corrected chi connectivity index (χ0v) is 29.7. The van der Waals surface area contributed by atoms with Gasteiger partial charge in [-0.2, -0.15) is 8.78 Å². The van der Waals surface area contributed by atoms with E-state index in [9.17, 15) is 26.8 Å². The van der Waals surface area contributed by atoms with Gasteiger partial charge in [0, 0.05) is 18.8 Å². The zero-order valence-electron chi connectivity index (χ0n) is 27.4. The Morgan fingerprint density at radius 1 is 0.940 bits per heavy atom. The summed E-state index contributed by atoms with van der Waals surface area (Å²) in [6.07, 6.45) is 6.42. The zero-order chi connectivity index (χ0) is 36.2. The number of aromatic nitrogens is 1. The third kappa shape index (κ3) is 10.6. The fourth-order valence-corrected chi connectivity index (χ4v) is 5.80. The molecule has 1 N–H and O–H groups in total. The standard InChI is InChI=1S/C34H36Cl2F2N2O9S/c1-34(2,49-31(41)22-8-10-26(40-50(3,43)44)29(13-22)45-17-19-4-5-19)32(42)47-28(14-23-24(35)15-39-16-25(23)36)21-9-11-27(48-33(37)38)30(12-21)46-18-20-6-7-20/h8-13,15-16,19-20,28,33,40H,4-7,14,17-18H2,1-3H3/t28-/m0/s1. The van der Waals surface area contributed by atoms with Gasteiger partial charge in [-0.15, -0.1) is 0 Å². The minimum Gasteiger partial charge on any atom is -0.491 e. The summed E-state index contributed by atoms with van der Waals surface area (Å²) in [4.78, 5) is 31.0. The maximum absolute atomic E-state index is 13.7. The third-order valence-corrected chi connectivity index (χ3v) is 9.08. The number of hydrogen-bond donors (Lipinski definition) is 1. The summed E-state index contributed by atoms with van der Waals surface area (Å²) in [6.45, 7) is 0.201. The van der Waals surface area contributed by atoms with Crippen LogP contribution in [0.2, 0.25) is 10.0 Å². The number of benzene rings is 2. The molecule has 0 unspecified atom stereocenters. The Kier molecular flexibility index (Phi) is 11.6. The summed E-state index contributed by atoms with van der Waals surface area (Å²) in [5.74, 6) is -1.26. The van der Waals surface area contributed by atoms with Gasteiger partial charge in [0.05, 0.1) is 40.8 Å². The molecule has 2 aliphatic rings. The van der Waals surface area contributed by atoms with Crippen molar-refractivity contribution in [3.05, 3.63) is 75.5 Å². The van der Waals surface area contributed by atoms with E-state index in [1.807, 2.05) is 0 Å². The lowest BCUT2D eigenvalue weighted by Gasteiger charge is -2.27. The predicted octanol–water partition coefficient (Wildman–Crippen LogP) is 7.40. The average Bonchev–Trinajstić information content (AvgIpc) is 3.96. The smallest absolute Gasteiger partial charge is 0.387 e. The van der Waals surface area contributed by atoms with Gasteiger partial charge in [0.15, 0.2) is 11.5 Å². The van der Waals surface area contributed by atoms with Crippen LogP contribution in [0, 0.1) is 11.8 Å². The summed E-state index contributed by atoms with van der Waals surface area (Å²) in [6, 6.07) is 8.21. The second-order valence-electron chi connectivity index (χ2n) is 12.8. The Morgan fingerprint density at radius 3 is 2.14 bits per heavy atom. The van der Waals surface area contributed by atoms with Gasteiger partial charge in [-0.3, -0.25) is 9.71 Å². The van der Waals surface area contributed by atoms with Crippen LogP contribution in [-0.2, 0) is 30.7 Å². The molecular formula is C34H36Cl2F2N2O9S. The molecule has 0 amide bonds. The van der Waals surface area contributed by atoms with Crippen LogP contribution < -0.4 is 18.9 Å². The van der Waals surface area contributed by atoms with Crippen LogP contribution in [0.3, 0.4) is 0 Å². The van der Waals surface area contributed by atoms with Crippen molar-refractivity contribution in [1.82, 2.24) is 4.98 Å². The summed E-state index contributed by atoms with van der Waals surface area (Å²) in [7, 11) is -3.65. The van der Waals surface area contributed by atoms with E-state index < -0.39 is 40.3 Å². The van der Waals surface area contributed by atoms with Gasteiger partial charge < -0.3 is 23.7 Å². The van der Waals surface area contributed by atoms with Crippen LogP contribution >= 0.6 is 23.2 Å². The Morgan fingerprint density at radius 2 is 1.56 bits per heavy atom. The lowest BCUT2D eigenvalue weighted by molar-refractivity contribution is -0.168. The number of esters is 2. The number of halogens is 4. The first-order valence-electron chi connectivity index (χ1n) is 15.8. The van der Waals surface area contributed by atoms with E-state index in [1.165, 1.54) is 62.6 Å². The van der Waals surface area contributed by atoms with Gasteiger partial charge in [0.25, 0.3) is 0 Å². The first kappa shape index (κ1) is 37.4. The number of nitrogens with zero attached hydrogens (tertiary/aromatic N) is 1. The molecule has 0 aliphatic heterocycles. The molecule has 0 bridgehead atoms. The van der Waals surface area contributed by atoms with Crippen LogP contribution in [0.15, 0.2) is 48.8 Å². The van der Waals surface area contributed by atoms with E-state index in [2.05, 4.69) is 14.4 Å². The Labute approximate surface area is 298 Å². The van der Waals surface area contributed by atoms with E-state index in [0.717, 1.165) is 31.9 Å². The molecule has 5 rings (SSSR count). The number of ether oxygens (including phenoxy) is 5. The van der Waals surface area contributed by atoms with Gasteiger partial charge >= 0.3 is 18.6 Å². The van der Waals surface area contributed by atoms with Crippen LogP contribution in [0.1, 0.15) is 67.1 Å². The molecule has 1 heterocycles. The molecule has 11 nitrogen and oxygen atoms in total. The molecule has 2 fully saturated rings. The van der Waals surface area contributed by atoms with E-state index in [4.69, 9.17) is 42.1 Å². The van der Waals surface area contributed by atoms with E-state index in [1.54, 1.807) is 0 Å². The summed E-state index contributed by atoms with van der Waals surface area (Å²) >= 11 is 12.8. The van der Waals surface area contributed by atoms with Crippen LogP contribution in [0.5, 0.6) is 17.2 Å². The van der Waals surface area contributed by atoms with Crippen LogP contribution in [0.4, 0.5) is 14.5 Å². The van der Waals surface area contributed by atoms with Gasteiger partial charge in [0.2, 0.25) is 15.6 Å². The summed E-state index contributed by atoms with van der Waals surface area (Å²) < 4.78 is 80.4. The minimum atomic E-state index is -3.65. The number of carbonyl (C=O) groups excluding carboxylic acids is 2. The van der Waals surface area contributed by atoms with Crippen LogP contribution in [-0.4, -0.2) is 57.0 Å². The fourth-order valence-electron chi connectivity index (χ4n) is 4.72. The van der Waals surface area contributed by atoms with Gasteiger partial charge in [0.1, 0.15) is 11.9 Å². The molecule has 0 radical (unpaired) electrons. The number of alkyl halides is 2. The number of hydrogen-bond acceptors (Lipinski definition) is 10. The topological polar surface area (TPSA) is 139 Å². The Bertz CT molecular complexity index is 1820. The molecule has 16 heteroatoms. The highest BCUT2D eigenvalue weighted by Gasteiger charge is 2.37. The highest BCUT2D eigenvalue weighted by molar-refractivity contribution is 7.92. The first-order valence-corrected chi connectivity index (χ1v) is 18.4. The second-order valence-corrected chi connectivity index (χ2v) is 15.3. The van der Waals surface area contributed by atoms with Crippen LogP contribution in [0.25, 0.3) is 0 Å². The molecule has 2 aliphatic carbocycles. The molecule has 0 spiro atoms. The molecule has 2 aromatic carbocycles. The number of rotatable bonds is 17. The number of carbonyl (C=O) groups is 2. The van der Waals surface area contributed by atoms with E-state index in [0.29, 0.717) is 29.6 Å². The van der Waals surface area contributed by atoms with Crippen molar-refractivity contribution in [3.63, 3.8) is 0 Å². The Hall–Kier alpha value is -3.88. The van der Waals surface area contributed by atoms with Crippen molar-refractivity contribution < 1.29 is 50.5 Å². The van der Waals surface area contributed by atoms with Gasteiger partial charge in [-0.25, -0.2) is 18.0 Å². The average molecular weight is 758 g/mol. The number of sulfonamides is 1. The third-order valence-electron chi connectivity index (χ3n) is 7.84. The highest BCUT2D eigenvalue weighted by Crippen LogP contribution is 2.39. The lowest BCUT2D eigenvalue weighted by atomic mass is 10.0. The molecule has 50 heavy (non-hydrogen) atoms. The quantitative estimate of drug-likeness (QED) is 0.139. The largest absolute Gasteiger partial charge is 0.491 e. The maximum atomic E-state index is 13.7. The van der Waals surface area contributed by atoms with Crippen molar-refractivity contribution >= 4 is 50.9 Å². The molecule has 3 aromatic rings. The summed E-state index contributed by atoms with van der Waals surface area (Å²) in [5, 5.41) is 0.390. The van der Waals surface area contributed by atoms with Crippen molar-refractivity contribution in [1.29, 1.82) is 0 Å². The summed E-state index contributed by atoms with van der Waals surface area (Å²) in [5.41, 5.74) is -0.988. The molecule has 1 aromatic heterocycles. The SMILES string of the molecule is CC(C)(OC(=O)c1ccc(NS(C)(=O)=O)c(OCC2CC2)c1)C(=O)O[C@@H](Cc1c(Cl)cncc1Cl)c1ccc(OC(F)F)c(OCC2CC2)c1. The molecule has 2 saturated carbocycles. The Balaban J connectivity index is 1.39. The number of pyridine rings is 1.